The number of imide groups is 1. The lowest BCUT2D eigenvalue weighted by Crippen LogP contribution is -2.32. The number of anilines is 2. The standard InChI is InChI=1S/C21H17ClN2O6/c1-11(2)30-21(29)13-5-9-15(10-6-13)24-18(25)16(22)17(19(24)26)23-14-7-3-12(4-8-14)20(27)28/h3-11,23H,1-2H3,(H,27,28)/p-1. The van der Waals surface area contributed by atoms with Gasteiger partial charge in [0.05, 0.1) is 23.3 Å². The number of carboxylic acid groups (broad SMARTS) is 1. The molecule has 30 heavy (non-hydrogen) atoms. The van der Waals surface area contributed by atoms with E-state index in [1.54, 1.807) is 13.8 Å². The van der Waals surface area contributed by atoms with Crippen LogP contribution in [-0.4, -0.2) is 29.9 Å². The Labute approximate surface area is 176 Å². The third-order valence-corrected chi connectivity index (χ3v) is 4.47. The molecule has 1 aliphatic rings. The number of carbonyl (C=O) groups is 4. The van der Waals surface area contributed by atoms with Crippen LogP contribution in [0, 0.1) is 0 Å². The summed E-state index contributed by atoms with van der Waals surface area (Å²) in [4.78, 5) is 48.9. The second-order valence-electron chi connectivity index (χ2n) is 6.63. The van der Waals surface area contributed by atoms with Gasteiger partial charge in [-0.1, -0.05) is 23.7 Å². The topological polar surface area (TPSA) is 116 Å². The van der Waals surface area contributed by atoms with Crippen molar-refractivity contribution in [2.75, 3.05) is 10.2 Å². The number of hydrogen-bond acceptors (Lipinski definition) is 7. The van der Waals surface area contributed by atoms with Crippen molar-refractivity contribution in [2.45, 2.75) is 20.0 Å². The molecule has 2 aromatic rings. The minimum absolute atomic E-state index is 0.0350. The van der Waals surface area contributed by atoms with Crippen LogP contribution in [0.3, 0.4) is 0 Å². The molecular formula is C21H16ClN2O6-. The first kappa shape index (κ1) is 21.1. The highest BCUT2D eigenvalue weighted by Crippen LogP contribution is 2.30. The fraction of sp³-hybridized carbons (Fsp3) is 0.143. The summed E-state index contributed by atoms with van der Waals surface area (Å²) in [5.74, 6) is -3.27. The fourth-order valence-electron chi connectivity index (χ4n) is 2.71. The fourth-order valence-corrected chi connectivity index (χ4v) is 2.92. The van der Waals surface area contributed by atoms with E-state index < -0.39 is 23.8 Å². The van der Waals surface area contributed by atoms with Crippen LogP contribution in [0.1, 0.15) is 34.6 Å². The average Bonchev–Trinajstić information content (AvgIpc) is 2.91. The van der Waals surface area contributed by atoms with Crippen LogP contribution < -0.4 is 15.3 Å². The summed E-state index contributed by atoms with van der Waals surface area (Å²) in [7, 11) is 0. The number of nitrogens with one attached hydrogen (secondary N) is 1. The van der Waals surface area contributed by atoms with Gasteiger partial charge in [0.1, 0.15) is 10.7 Å². The molecular weight excluding hydrogens is 412 g/mol. The van der Waals surface area contributed by atoms with Crippen molar-refractivity contribution in [1.82, 2.24) is 0 Å². The lowest BCUT2D eigenvalue weighted by molar-refractivity contribution is -0.255. The van der Waals surface area contributed by atoms with Gasteiger partial charge in [-0.3, -0.25) is 9.59 Å². The van der Waals surface area contributed by atoms with Gasteiger partial charge in [0.25, 0.3) is 11.8 Å². The van der Waals surface area contributed by atoms with Gasteiger partial charge in [0, 0.05) is 5.69 Å². The number of esters is 1. The molecule has 0 spiro atoms. The maximum absolute atomic E-state index is 12.8. The second-order valence-corrected chi connectivity index (χ2v) is 7.00. The van der Waals surface area contributed by atoms with E-state index in [9.17, 15) is 24.3 Å². The highest BCUT2D eigenvalue weighted by Gasteiger charge is 2.39. The number of benzene rings is 2. The van der Waals surface area contributed by atoms with Crippen LogP contribution in [0.15, 0.2) is 59.3 Å². The monoisotopic (exact) mass is 427 g/mol. The number of carboxylic acids is 1. The van der Waals surface area contributed by atoms with Crippen molar-refractivity contribution in [2.24, 2.45) is 0 Å². The Balaban J connectivity index is 1.79. The maximum atomic E-state index is 12.8. The van der Waals surface area contributed by atoms with E-state index in [1.807, 2.05) is 0 Å². The number of ether oxygens (including phenoxy) is 1. The molecule has 1 heterocycles. The molecule has 1 aliphatic heterocycles. The number of halogens is 1. The smallest absolute Gasteiger partial charge is 0.338 e. The minimum atomic E-state index is -1.34. The van der Waals surface area contributed by atoms with Gasteiger partial charge in [-0.05, 0) is 55.8 Å². The Kier molecular flexibility index (Phi) is 5.89. The molecule has 0 radical (unpaired) electrons. The Morgan fingerprint density at radius 2 is 1.53 bits per heavy atom. The zero-order valence-corrected chi connectivity index (χ0v) is 16.7. The molecule has 0 unspecified atom stereocenters. The van der Waals surface area contributed by atoms with Crippen molar-refractivity contribution in [1.29, 1.82) is 0 Å². The van der Waals surface area contributed by atoms with Gasteiger partial charge in [-0.15, -0.1) is 0 Å². The van der Waals surface area contributed by atoms with Gasteiger partial charge in [0.15, 0.2) is 0 Å². The molecule has 0 saturated carbocycles. The Bertz CT molecular complexity index is 1060. The molecule has 0 bridgehead atoms. The van der Waals surface area contributed by atoms with Crippen LogP contribution in [-0.2, 0) is 14.3 Å². The number of aromatic carboxylic acids is 1. The first-order chi connectivity index (χ1) is 14.2. The molecule has 8 nitrogen and oxygen atoms in total. The third kappa shape index (κ3) is 4.18. The van der Waals surface area contributed by atoms with E-state index in [4.69, 9.17) is 16.3 Å². The molecule has 2 amide bonds. The molecule has 0 atom stereocenters. The molecule has 0 saturated heterocycles. The van der Waals surface area contributed by atoms with Crippen molar-refractivity contribution in [3.63, 3.8) is 0 Å². The molecule has 154 valence electrons. The summed E-state index contributed by atoms with van der Waals surface area (Å²) in [6, 6.07) is 11.2. The first-order valence-corrected chi connectivity index (χ1v) is 9.25. The number of nitrogens with zero attached hydrogens (tertiary/aromatic N) is 1. The molecule has 0 aromatic heterocycles. The van der Waals surface area contributed by atoms with Gasteiger partial charge in [-0.2, -0.15) is 0 Å². The van der Waals surface area contributed by atoms with E-state index in [-0.39, 0.29) is 33.6 Å². The summed E-state index contributed by atoms with van der Waals surface area (Å²) in [5.41, 5.74) is 0.687. The van der Waals surface area contributed by atoms with E-state index in [0.717, 1.165) is 4.90 Å². The van der Waals surface area contributed by atoms with E-state index in [2.05, 4.69) is 5.32 Å². The van der Waals surface area contributed by atoms with E-state index in [0.29, 0.717) is 5.69 Å². The van der Waals surface area contributed by atoms with Gasteiger partial charge < -0.3 is 20.0 Å². The molecule has 0 aliphatic carbocycles. The maximum Gasteiger partial charge on any atom is 0.338 e. The van der Waals surface area contributed by atoms with Crippen molar-refractivity contribution in [3.8, 4) is 0 Å². The van der Waals surface area contributed by atoms with Crippen LogP contribution in [0.2, 0.25) is 0 Å². The summed E-state index contributed by atoms with van der Waals surface area (Å²) in [6.45, 7) is 3.45. The highest BCUT2D eigenvalue weighted by molar-refractivity contribution is 6.53. The highest BCUT2D eigenvalue weighted by atomic mass is 35.5. The van der Waals surface area contributed by atoms with E-state index >= 15 is 0 Å². The zero-order chi connectivity index (χ0) is 22.0. The van der Waals surface area contributed by atoms with Gasteiger partial charge in [0.2, 0.25) is 0 Å². The Morgan fingerprint density at radius 1 is 0.967 bits per heavy atom. The summed E-state index contributed by atoms with van der Waals surface area (Å²) in [5, 5.41) is 13.2. The lowest BCUT2D eigenvalue weighted by atomic mass is 10.2. The normalized spacial score (nSPS) is 13.8. The number of amides is 2. The quantitative estimate of drug-likeness (QED) is 0.554. The first-order valence-electron chi connectivity index (χ1n) is 8.87. The largest absolute Gasteiger partial charge is 0.545 e. The Morgan fingerprint density at radius 3 is 2.07 bits per heavy atom. The number of rotatable bonds is 6. The van der Waals surface area contributed by atoms with Gasteiger partial charge in [-0.25, -0.2) is 9.69 Å². The van der Waals surface area contributed by atoms with Crippen molar-refractivity contribution >= 4 is 46.7 Å². The summed E-state index contributed by atoms with van der Waals surface area (Å²) in [6.07, 6.45) is -0.281. The predicted octanol–water partition coefficient (Wildman–Crippen LogP) is 2.05. The van der Waals surface area contributed by atoms with Crippen molar-refractivity contribution < 1.29 is 29.0 Å². The van der Waals surface area contributed by atoms with Gasteiger partial charge >= 0.3 is 5.97 Å². The molecule has 0 fully saturated rings. The lowest BCUT2D eigenvalue weighted by Gasteiger charge is -2.16. The molecule has 2 aromatic carbocycles. The predicted molar refractivity (Wildman–Crippen MR) is 107 cm³/mol. The second kappa shape index (κ2) is 8.38. The van der Waals surface area contributed by atoms with Crippen molar-refractivity contribution in [3.05, 3.63) is 70.4 Å². The SMILES string of the molecule is CC(C)OC(=O)c1ccc(N2C(=O)C(Cl)=C(Nc3ccc(C(=O)[O-])cc3)C2=O)cc1. The zero-order valence-electron chi connectivity index (χ0n) is 16.0. The van der Waals surface area contributed by atoms with Crippen LogP contribution in [0.5, 0.6) is 0 Å². The molecule has 9 heteroatoms. The number of hydrogen-bond donors (Lipinski definition) is 1. The third-order valence-electron chi connectivity index (χ3n) is 4.12. The number of carbonyl (C=O) groups excluding carboxylic acids is 4. The average molecular weight is 428 g/mol. The van der Waals surface area contributed by atoms with Crippen LogP contribution >= 0.6 is 11.6 Å². The van der Waals surface area contributed by atoms with Crippen LogP contribution in [0.4, 0.5) is 11.4 Å². The summed E-state index contributed by atoms with van der Waals surface area (Å²) >= 11 is 6.07. The summed E-state index contributed by atoms with van der Waals surface area (Å²) < 4.78 is 5.10. The van der Waals surface area contributed by atoms with Crippen LogP contribution in [0.25, 0.3) is 0 Å². The molecule has 1 N–H and O–H groups in total. The minimum Gasteiger partial charge on any atom is -0.545 e. The van der Waals surface area contributed by atoms with E-state index in [1.165, 1.54) is 48.5 Å². The molecule has 3 rings (SSSR count). The Hall–Kier alpha value is -3.65.